The Labute approximate surface area is 118 Å². The van der Waals surface area contributed by atoms with E-state index in [0.29, 0.717) is 12.5 Å². The summed E-state index contributed by atoms with van der Waals surface area (Å²) in [5.41, 5.74) is 0.0495. The summed E-state index contributed by atoms with van der Waals surface area (Å²) in [6.07, 6.45) is 1.91. The fourth-order valence-corrected chi connectivity index (χ4v) is 2.39. The third kappa shape index (κ3) is 4.31. The van der Waals surface area contributed by atoms with Crippen LogP contribution in [0.2, 0.25) is 0 Å². The number of benzene rings is 1. The number of nitrogens with one attached hydrogen (secondary N) is 1. The van der Waals surface area contributed by atoms with E-state index >= 15 is 0 Å². The van der Waals surface area contributed by atoms with Gasteiger partial charge < -0.3 is 15.5 Å². The molecule has 3 N–H and O–H groups in total. The number of rotatable bonds is 6. The van der Waals surface area contributed by atoms with Crippen molar-refractivity contribution in [2.75, 3.05) is 6.54 Å². The zero-order chi connectivity index (χ0) is 14.4. The van der Waals surface area contributed by atoms with Crippen molar-refractivity contribution in [3.63, 3.8) is 0 Å². The van der Waals surface area contributed by atoms with E-state index in [0.717, 1.165) is 12.8 Å². The monoisotopic (exact) mass is 285 g/mol. The zero-order valence-corrected chi connectivity index (χ0v) is 11.9. The second-order valence-corrected chi connectivity index (χ2v) is 5.06. The van der Waals surface area contributed by atoms with Crippen LogP contribution in [0.25, 0.3) is 0 Å². The predicted octanol–water partition coefficient (Wildman–Crippen LogP) is 2.87. The van der Waals surface area contributed by atoms with Crippen LogP contribution in [0.15, 0.2) is 18.2 Å². The molecule has 0 saturated heterocycles. The summed E-state index contributed by atoms with van der Waals surface area (Å²) in [5.74, 6) is -0.320. The van der Waals surface area contributed by atoms with Gasteiger partial charge in [0.1, 0.15) is 11.5 Å². The van der Waals surface area contributed by atoms with Gasteiger partial charge in [-0.1, -0.05) is 26.7 Å². The minimum absolute atomic E-state index is 0.0495. The third-order valence-corrected chi connectivity index (χ3v) is 3.75. The lowest BCUT2D eigenvalue weighted by atomic mass is 9.99. The smallest absolute Gasteiger partial charge is 0.255 e. The van der Waals surface area contributed by atoms with Crippen molar-refractivity contribution in [1.29, 1.82) is 0 Å². The number of phenols is 2. The van der Waals surface area contributed by atoms with Gasteiger partial charge in [-0.25, -0.2) is 0 Å². The summed E-state index contributed by atoms with van der Waals surface area (Å²) in [7, 11) is 0. The molecular formula is C14H20ClNO3. The number of amides is 1. The van der Waals surface area contributed by atoms with Gasteiger partial charge in [-0.2, -0.15) is 0 Å². The number of hydrogen-bond acceptors (Lipinski definition) is 3. The molecule has 0 spiro atoms. The number of phenolic OH excluding ortho intramolecular Hbond substituents is 2. The van der Waals surface area contributed by atoms with E-state index in [4.69, 9.17) is 11.6 Å². The summed E-state index contributed by atoms with van der Waals surface area (Å²) in [4.78, 5) is 11.9. The molecule has 0 fully saturated rings. The Hall–Kier alpha value is -1.42. The van der Waals surface area contributed by atoms with Crippen LogP contribution in [0.1, 0.15) is 37.0 Å². The summed E-state index contributed by atoms with van der Waals surface area (Å²) in [6.45, 7) is 4.46. The molecule has 0 aliphatic heterocycles. The van der Waals surface area contributed by atoms with Crippen LogP contribution in [0.5, 0.6) is 11.5 Å². The second-order valence-electron chi connectivity index (χ2n) is 4.50. The lowest BCUT2D eigenvalue weighted by Crippen LogP contribution is -2.33. The number of alkyl halides is 1. The number of carbonyl (C=O) groups is 1. The molecule has 19 heavy (non-hydrogen) atoms. The van der Waals surface area contributed by atoms with E-state index in [9.17, 15) is 15.0 Å². The Morgan fingerprint density at radius 3 is 2.53 bits per heavy atom. The van der Waals surface area contributed by atoms with Crippen molar-refractivity contribution in [3.8, 4) is 11.5 Å². The van der Waals surface area contributed by atoms with Gasteiger partial charge in [-0.3, -0.25) is 4.79 Å². The number of halogens is 1. The molecule has 0 heterocycles. The van der Waals surface area contributed by atoms with Crippen molar-refractivity contribution in [3.05, 3.63) is 23.8 Å². The molecule has 1 amide bonds. The normalized spacial score (nSPS) is 12.4. The maximum atomic E-state index is 11.9. The zero-order valence-electron chi connectivity index (χ0n) is 11.2. The van der Waals surface area contributed by atoms with Crippen LogP contribution < -0.4 is 5.32 Å². The highest BCUT2D eigenvalue weighted by Gasteiger charge is 2.18. The van der Waals surface area contributed by atoms with Gasteiger partial charge in [0.15, 0.2) is 0 Å². The molecule has 1 aromatic carbocycles. The molecule has 106 valence electrons. The van der Waals surface area contributed by atoms with Crippen LogP contribution in [0.4, 0.5) is 0 Å². The molecule has 1 unspecified atom stereocenters. The average molecular weight is 286 g/mol. The molecule has 1 atom stereocenters. The first-order valence-corrected chi connectivity index (χ1v) is 6.87. The standard InChI is InChI=1S/C14H20ClNO3/c1-3-9(4-2)12(15)8-16-14(19)11-7-10(17)5-6-13(11)18/h5-7,9,12,17-18H,3-4,8H2,1-2H3,(H,16,19). The largest absolute Gasteiger partial charge is 0.508 e. The fraction of sp³-hybridized carbons (Fsp3) is 0.500. The molecule has 0 bridgehead atoms. The molecule has 0 aromatic heterocycles. The maximum Gasteiger partial charge on any atom is 0.255 e. The van der Waals surface area contributed by atoms with E-state index in [-0.39, 0.29) is 22.4 Å². The van der Waals surface area contributed by atoms with E-state index in [1.165, 1.54) is 18.2 Å². The first-order chi connectivity index (χ1) is 8.99. The van der Waals surface area contributed by atoms with Crippen molar-refractivity contribution >= 4 is 17.5 Å². The molecular weight excluding hydrogens is 266 g/mol. The van der Waals surface area contributed by atoms with Gasteiger partial charge >= 0.3 is 0 Å². The Balaban J connectivity index is 2.63. The summed E-state index contributed by atoms with van der Waals surface area (Å²) >= 11 is 6.22. The van der Waals surface area contributed by atoms with Gasteiger partial charge in [0.2, 0.25) is 0 Å². The van der Waals surface area contributed by atoms with Crippen LogP contribution in [0, 0.1) is 5.92 Å². The van der Waals surface area contributed by atoms with Crippen molar-refractivity contribution in [1.82, 2.24) is 5.32 Å². The van der Waals surface area contributed by atoms with Crippen molar-refractivity contribution < 1.29 is 15.0 Å². The minimum atomic E-state index is -0.440. The Kier molecular flexibility index (Phi) is 5.96. The third-order valence-electron chi connectivity index (χ3n) is 3.24. The average Bonchev–Trinajstić information content (AvgIpc) is 2.40. The Bertz CT molecular complexity index is 433. The molecule has 0 radical (unpaired) electrons. The lowest BCUT2D eigenvalue weighted by molar-refractivity contribution is 0.0948. The first-order valence-electron chi connectivity index (χ1n) is 6.43. The molecule has 0 saturated carbocycles. The van der Waals surface area contributed by atoms with Gasteiger partial charge in [0.25, 0.3) is 5.91 Å². The maximum absolute atomic E-state index is 11.9. The SMILES string of the molecule is CCC(CC)C(Cl)CNC(=O)c1cc(O)ccc1O. The molecule has 0 aliphatic rings. The van der Waals surface area contributed by atoms with Gasteiger partial charge in [0, 0.05) is 6.54 Å². The van der Waals surface area contributed by atoms with Crippen LogP contribution >= 0.6 is 11.6 Å². The van der Waals surface area contributed by atoms with E-state index < -0.39 is 5.91 Å². The second kappa shape index (κ2) is 7.24. The van der Waals surface area contributed by atoms with Gasteiger partial charge in [-0.05, 0) is 24.1 Å². The summed E-state index contributed by atoms with van der Waals surface area (Å²) < 4.78 is 0. The van der Waals surface area contributed by atoms with Gasteiger partial charge in [0.05, 0.1) is 10.9 Å². The topological polar surface area (TPSA) is 69.6 Å². The Morgan fingerprint density at radius 2 is 1.95 bits per heavy atom. The highest BCUT2D eigenvalue weighted by molar-refractivity contribution is 6.21. The van der Waals surface area contributed by atoms with E-state index in [1.807, 2.05) is 0 Å². The van der Waals surface area contributed by atoms with Crippen LogP contribution in [-0.2, 0) is 0 Å². The first kappa shape index (κ1) is 15.6. The minimum Gasteiger partial charge on any atom is -0.508 e. The highest BCUT2D eigenvalue weighted by atomic mass is 35.5. The number of carbonyl (C=O) groups excluding carboxylic acids is 1. The number of aromatic hydroxyl groups is 2. The Morgan fingerprint density at radius 1 is 1.32 bits per heavy atom. The van der Waals surface area contributed by atoms with Crippen LogP contribution in [0.3, 0.4) is 0 Å². The molecule has 0 aliphatic carbocycles. The van der Waals surface area contributed by atoms with E-state index in [1.54, 1.807) is 0 Å². The fourth-order valence-electron chi connectivity index (χ4n) is 1.96. The van der Waals surface area contributed by atoms with Crippen molar-refractivity contribution in [2.45, 2.75) is 32.1 Å². The van der Waals surface area contributed by atoms with Crippen molar-refractivity contribution in [2.24, 2.45) is 5.92 Å². The van der Waals surface area contributed by atoms with Crippen LogP contribution in [-0.4, -0.2) is 28.0 Å². The number of hydrogen-bond donors (Lipinski definition) is 3. The lowest BCUT2D eigenvalue weighted by Gasteiger charge is -2.19. The quantitative estimate of drug-likeness (QED) is 0.556. The predicted molar refractivity (Wildman–Crippen MR) is 75.8 cm³/mol. The molecule has 1 aromatic rings. The molecule has 5 heteroatoms. The molecule has 1 rings (SSSR count). The van der Waals surface area contributed by atoms with Gasteiger partial charge in [-0.15, -0.1) is 11.6 Å². The van der Waals surface area contributed by atoms with E-state index in [2.05, 4.69) is 19.2 Å². The highest BCUT2D eigenvalue weighted by Crippen LogP contribution is 2.22. The molecule has 4 nitrogen and oxygen atoms in total. The summed E-state index contributed by atoms with van der Waals surface area (Å²) in [5, 5.41) is 21.4. The summed E-state index contributed by atoms with van der Waals surface area (Å²) in [6, 6.07) is 3.83.